The largest absolute Gasteiger partial charge is 0.381 e. The fourth-order valence-corrected chi connectivity index (χ4v) is 2.69. The predicted octanol–water partition coefficient (Wildman–Crippen LogP) is 1.75. The summed E-state index contributed by atoms with van der Waals surface area (Å²) in [5.74, 6) is 2.85. The molecule has 3 heterocycles. The molecule has 2 aliphatic rings. The highest BCUT2D eigenvalue weighted by Crippen LogP contribution is 2.23. The van der Waals surface area contributed by atoms with E-state index in [1.54, 1.807) is 0 Å². The third kappa shape index (κ3) is 1.86. The quantitative estimate of drug-likeness (QED) is 0.764. The number of hydrogen-bond donors (Lipinski definition) is 0. The molecule has 0 saturated carbocycles. The van der Waals surface area contributed by atoms with Crippen LogP contribution in [-0.2, 0) is 17.6 Å². The summed E-state index contributed by atoms with van der Waals surface area (Å²) in [6, 6.07) is 0.532. The molecule has 4 heteroatoms. The summed E-state index contributed by atoms with van der Waals surface area (Å²) < 4.78 is 7.52. The first-order valence-corrected chi connectivity index (χ1v) is 6.35. The number of hydrogen-bond acceptors (Lipinski definition) is 3. The third-order valence-corrected chi connectivity index (χ3v) is 3.68. The van der Waals surface area contributed by atoms with Crippen LogP contribution in [0, 0.1) is 5.92 Å². The van der Waals surface area contributed by atoms with Gasteiger partial charge in [0.05, 0.1) is 6.04 Å². The second-order valence-corrected chi connectivity index (χ2v) is 5.06. The maximum absolute atomic E-state index is 5.39. The Hall–Kier alpha value is -0.900. The molecule has 0 N–H and O–H groups in total. The van der Waals surface area contributed by atoms with Gasteiger partial charge >= 0.3 is 0 Å². The van der Waals surface area contributed by atoms with Gasteiger partial charge in [0.1, 0.15) is 5.82 Å². The lowest BCUT2D eigenvalue weighted by molar-refractivity contribution is 0.185. The SMILES string of the molecule is CC1CCCc2nc(CC3CCOC3)nn21. The zero-order chi connectivity index (χ0) is 11.0. The van der Waals surface area contributed by atoms with Crippen molar-refractivity contribution in [1.29, 1.82) is 0 Å². The van der Waals surface area contributed by atoms with Crippen LogP contribution in [-0.4, -0.2) is 28.0 Å². The summed E-state index contributed by atoms with van der Waals surface area (Å²) >= 11 is 0. The van der Waals surface area contributed by atoms with Crippen molar-refractivity contribution in [2.24, 2.45) is 5.92 Å². The third-order valence-electron chi connectivity index (χ3n) is 3.68. The molecule has 0 aromatic carbocycles. The number of aromatic nitrogens is 3. The van der Waals surface area contributed by atoms with Crippen LogP contribution in [0.4, 0.5) is 0 Å². The van der Waals surface area contributed by atoms with Crippen molar-refractivity contribution in [3.63, 3.8) is 0 Å². The zero-order valence-corrected chi connectivity index (χ0v) is 9.85. The first-order chi connectivity index (χ1) is 7.83. The summed E-state index contributed by atoms with van der Waals surface area (Å²) in [6.45, 7) is 4.04. The Bertz CT molecular complexity index is 368. The van der Waals surface area contributed by atoms with Crippen molar-refractivity contribution in [1.82, 2.24) is 14.8 Å². The highest BCUT2D eigenvalue weighted by atomic mass is 16.5. The molecule has 2 aliphatic heterocycles. The molecule has 1 fully saturated rings. The fourth-order valence-electron chi connectivity index (χ4n) is 2.69. The van der Waals surface area contributed by atoms with Crippen LogP contribution in [0.25, 0.3) is 0 Å². The van der Waals surface area contributed by atoms with Crippen molar-refractivity contribution in [3.8, 4) is 0 Å². The minimum atomic E-state index is 0.532. The van der Waals surface area contributed by atoms with Gasteiger partial charge in [-0.05, 0) is 32.1 Å². The van der Waals surface area contributed by atoms with E-state index in [9.17, 15) is 0 Å². The van der Waals surface area contributed by atoms with Gasteiger partial charge in [-0.3, -0.25) is 0 Å². The van der Waals surface area contributed by atoms with E-state index in [2.05, 4.69) is 21.7 Å². The first kappa shape index (κ1) is 10.3. The lowest BCUT2D eigenvalue weighted by Crippen LogP contribution is -2.16. The number of fused-ring (bicyclic) bond motifs is 1. The summed E-state index contributed by atoms with van der Waals surface area (Å²) in [5.41, 5.74) is 0. The van der Waals surface area contributed by atoms with Gasteiger partial charge < -0.3 is 4.74 Å². The van der Waals surface area contributed by atoms with E-state index >= 15 is 0 Å². The van der Waals surface area contributed by atoms with Crippen LogP contribution < -0.4 is 0 Å². The fraction of sp³-hybridized carbons (Fsp3) is 0.833. The van der Waals surface area contributed by atoms with Gasteiger partial charge in [0.15, 0.2) is 5.82 Å². The number of rotatable bonds is 2. The van der Waals surface area contributed by atoms with Crippen LogP contribution in [0.3, 0.4) is 0 Å². The molecule has 0 spiro atoms. The van der Waals surface area contributed by atoms with E-state index in [-0.39, 0.29) is 0 Å². The molecule has 0 bridgehead atoms. The van der Waals surface area contributed by atoms with Gasteiger partial charge in [-0.15, -0.1) is 0 Å². The molecular weight excluding hydrogens is 202 g/mol. The maximum Gasteiger partial charge on any atom is 0.151 e. The van der Waals surface area contributed by atoms with E-state index in [1.807, 2.05) is 0 Å². The van der Waals surface area contributed by atoms with E-state index in [1.165, 1.54) is 25.1 Å². The van der Waals surface area contributed by atoms with Gasteiger partial charge in [0.2, 0.25) is 0 Å². The molecule has 0 aliphatic carbocycles. The molecule has 1 saturated heterocycles. The highest BCUT2D eigenvalue weighted by Gasteiger charge is 2.22. The molecule has 2 unspecified atom stereocenters. The first-order valence-electron chi connectivity index (χ1n) is 6.35. The monoisotopic (exact) mass is 221 g/mol. The molecule has 3 rings (SSSR count). The van der Waals surface area contributed by atoms with Crippen LogP contribution in [0.2, 0.25) is 0 Å². The summed E-state index contributed by atoms with van der Waals surface area (Å²) in [6.07, 6.45) is 5.75. The Morgan fingerprint density at radius 3 is 3.12 bits per heavy atom. The van der Waals surface area contributed by atoms with Gasteiger partial charge in [-0.2, -0.15) is 5.10 Å². The predicted molar refractivity (Wildman–Crippen MR) is 60.3 cm³/mol. The van der Waals surface area contributed by atoms with Gasteiger partial charge in [-0.25, -0.2) is 9.67 Å². The van der Waals surface area contributed by atoms with Crippen LogP contribution >= 0.6 is 0 Å². The minimum absolute atomic E-state index is 0.532. The molecule has 1 aromatic rings. The van der Waals surface area contributed by atoms with E-state index < -0.39 is 0 Å². The van der Waals surface area contributed by atoms with Gasteiger partial charge in [0, 0.05) is 26.1 Å². The normalized spacial score (nSPS) is 29.3. The number of nitrogens with zero attached hydrogens (tertiary/aromatic N) is 3. The van der Waals surface area contributed by atoms with E-state index in [0.29, 0.717) is 12.0 Å². The maximum atomic E-state index is 5.39. The van der Waals surface area contributed by atoms with Gasteiger partial charge in [-0.1, -0.05) is 0 Å². The van der Waals surface area contributed by atoms with Crippen LogP contribution in [0.5, 0.6) is 0 Å². The van der Waals surface area contributed by atoms with Crippen LogP contribution in [0.15, 0.2) is 0 Å². The lowest BCUT2D eigenvalue weighted by atomic mass is 10.1. The number of ether oxygens (including phenoxy) is 1. The van der Waals surface area contributed by atoms with Crippen molar-refractivity contribution in [2.45, 2.75) is 45.1 Å². The smallest absolute Gasteiger partial charge is 0.151 e. The van der Waals surface area contributed by atoms with Crippen molar-refractivity contribution in [2.75, 3.05) is 13.2 Å². The highest BCUT2D eigenvalue weighted by molar-refractivity contribution is 4.99. The topological polar surface area (TPSA) is 39.9 Å². The molecule has 0 amide bonds. The Balaban J connectivity index is 1.75. The second-order valence-electron chi connectivity index (χ2n) is 5.06. The Labute approximate surface area is 96.0 Å². The standard InChI is InChI=1S/C12H19N3O/c1-9-3-2-4-12-13-11(14-15(9)12)7-10-5-6-16-8-10/h9-10H,2-8H2,1H3. The number of aryl methyl sites for hydroxylation is 1. The Kier molecular flexibility index (Phi) is 2.67. The molecular formula is C12H19N3O. The Morgan fingerprint density at radius 2 is 2.38 bits per heavy atom. The molecule has 4 nitrogen and oxygen atoms in total. The van der Waals surface area contributed by atoms with Crippen molar-refractivity contribution in [3.05, 3.63) is 11.6 Å². The summed E-state index contributed by atoms with van der Waals surface area (Å²) in [7, 11) is 0. The molecule has 0 radical (unpaired) electrons. The van der Waals surface area contributed by atoms with Gasteiger partial charge in [0.25, 0.3) is 0 Å². The Morgan fingerprint density at radius 1 is 1.44 bits per heavy atom. The lowest BCUT2D eigenvalue weighted by Gasteiger charge is -2.18. The van der Waals surface area contributed by atoms with E-state index in [4.69, 9.17) is 4.74 Å². The van der Waals surface area contributed by atoms with Crippen molar-refractivity contribution < 1.29 is 4.74 Å². The molecule has 88 valence electrons. The summed E-state index contributed by atoms with van der Waals surface area (Å²) in [5, 5.41) is 4.65. The zero-order valence-electron chi connectivity index (χ0n) is 9.85. The average Bonchev–Trinajstić information content (AvgIpc) is 2.88. The molecule has 2 atom stereocenters. The molecule has 1 aromatic heterocycles. The summed E-state index contributed by atoms with van der Waals surface area (Å²) in [4.78, 5) is 4.66. The van der Waals surface area contributed by atoms with Crippen LogP contribution in [0.1, 0.15) is 43.9 Å². The average molecular weight is 221 g/mol. The second kappa shape index (κ2) is 4.17. The minimum Gasteiger partial charge on any atom is -0.381 e. The van der Waals surface area contributed by atoms with Crippen molar-refractivity contribution >= 4 is 0 Å². The molecule has 16 heavy (non-hydrogen) atoms. The van der Waals surface area contributed by atoms with E-state index in [0.717, 1.165) is 31.9 Å².